The summed E-state index contributed by atoms with van der Waals surface area (Å²) in [7, 11) is 0. The van der Waals surface area contributed by atoms with Crippen LogP contribution in [-0.2, 0) is 14.3 Å². The van der Waals surface area contributed by atoms with Crippen LogP contribution in [0.4, 0.5) is 5.69 Å². The predicted molar refractivity (Wildman–Crippen MR) is 132 cm³/mol. The minimum absolute atomic E-state index is 0.0229. The molecule has 2 heterocycles. The Kier molecular flexibility index (Phi) is 10.3. The number of para-hydroxylation sites is 1. The molecule has 9 heteroatoms. The van der Waals surface area contributed by atoms with E-state index in [4.69, 9.17) is 9.84 Å². The maximum Gasteiger partial charge on any atom is 0.255 e. The standard InChI is InChI=1S/C26H38N4O5/c1-19-7-6-12-30(19)26(34)24(35-16-5-4-15-31)23(32)25(33)28-18-20-10-13-29(14-11-20)22-9-3-2-8-21(22)17-27/h2-3,8-9,19-20,23-24,31-32H,4-7,10-16,18H2,1H3,(H,28,33)/t19-,23+,24+/m0/s1. The van der Waals surface area contributed by atoms with E-state index in [0.717, 1.165) is 44.5 Å². The number of rotatable bonds is 11. The fraction of sp³-hybridized carbons (Fsp3) is 0.654. The molecule has 2 saturated heterocycles. The SMILES string of the molecule is C[C@H]1CCCN1C(=O)[C@H](OCCCCO)[C@@H](O)C(=O)NCC1CCN(c2ccccc2C#N)CC1. The van der Waals surface area contributed by atoms with E-state index in [-0.39, 0.29) is 31.1 Å². The van der Waals surface area contributed by atoms with Crippen LogP contribution in [0.1, 0.15) is 51.0 Å². The number of hydrogen-bond donors (Lipinski definition) is 3. The van der Waals surface area contributed by atoms with E-state index in [1.165, 1.54) is 0 Å². The van der Waals surface area contributed by atoms with Crippen molar-refractivity contribution in [2.45, 2.75) is 63.7 Å². The molecule has 0 aromatic heterocycles. The van der Waals surface area contributed by atoms with E-state index in [2.05, 4.69) is 16.3 Å². The van der Waals surface area contributed by atoms with Gasteiger partial charge < -0.3 is 30.1 Å². The first-order chi connectivity index (χ1) is 17.0. The molecule has 0 saturated carbocycles. The third-order valence-corrected chi connectivity index (χ3v) is 7.03. The van der Waals surface area contributed by atoms with Crippen LogP contribution >= 0.6 is 0 Å². The van der Waals surface area contributed by atoms with Gasteiger partial charge in [0.25, 0.3) is 11.8 Å². The van der Waals surface area contributed by atoms with Crippen LogP contribution in [-0.4, -0.2) is 84.6 Å². The molecule has 2 aliphatic rings. The van der Waals surface area contributed by atoms with Gasteiger partial charge in [-0.25, -0.2) is 0 Å². The summed E-state index contributed by atoms with van der Waals surface area (Å²) in [5.41, 5.74) is 1.59. The summed E-state index contributed by atoms with van der Waals surface area (Å²) in [6, 6.07) is 9.84. The Morgan fingerprint density at radius 3 is 2.60 bits per heavy atom. The maximum absolute atomic E-state index is 13.1. The highest BCUT2D eigenvalue weighted by Gasteiger charge is 2.38. The van der Waals surface area contributed by atoms with Gasteiger partial charge in [-0.2, -0.15) is 5.26 Å². The van der Waals surface area contributed by atoms with Crippen LogP contribution in [0.15, 0.2) is 24.3 Å². The first kappa shape index (κ1) is 26.9. The monoisotopic (exact) mass is 486 g/mol. The summed E-state index contributed by atoms with van der Waals surface area (Å²) in [6.07, 6.45) is 1.71. The molecule has 2 amide bonds. The Morgan fingerprint density at radius 1 is 1.20 bits per heavy atom. The number of likely N-dealkylation sites (tertiary alicyclic amines) is 1. The lowest BCUT2D eigenvalue weighted by atomic mass is 9.95. The molecule has 2 fully saturated rings. The molecule has 0 bridgehead atoms. The minimum Gasteiger partial charge on any atom is -0.396 e. The Morgan fingerprint density at radius 2 is 1.94 bits per heavy atom. The van der Waals surface area contributed by atoms with Gasteiger partial charge in [0.15, 0.2) is 12.2 Å². The average Bonchev–Trinajstić information content (AvgIpc) is 3.32. The number of aliphatic hydroxyl groups excluding tert-OH is 2. The van der Waals surface area contributed by atoms with Crippen molar-refractivity contribution in [1.82, 2.24) is 10.2 Å². The zero-order valence-electron chi connectivity index (χ0n) is 20.6. The van der Waals surface area contributed by atoms with Crippen molar-refractivity contribution >= 4 is 17.5 Å². The number of nitriles is 1. The van der Waals surface area contributed by atoms with Gasteiger partial charge in [-0.1, -0.05) is 12.1 Å². The third kappa shape index (κ3) is 7.17. The fourth-order valence-corrected chi connectivity index (χ4v) is 4.85. The van der Waals surface area contributed by atoms with Crippen LogP contribution < -0.4 is 10.2 Å². The van der Waals surface area contributed by atoms with E-state index in [1.807, 2.05) is 31.2 Å². The molecule has 0 unspecified atom stereocenters. The highest BCUT2D eigenvalue weighted by atomic mass is 16.5. The number of anilines is 1. The van der Waals surface area contributed by atoms with Gasteiger partial charge in [0.05, 0.1) is 11.3 Å². The quantitative estimate of drug-likeness (QED) is 0.404. The number of amides is 2. The Labute approximate surface area is 207 Å². The number of hydrogen-bond acceptors (Lipinski definition) is 7. The van der Waals surface area contributed by atoms with Gasteiger partial charge in [0, 0.05) is 45.4 Å². The molecule has 1 aromatic carbocycles. The van der Waals surface area contributed by atoms with E-state index in [0.29, 0.717) is 31.5 Å². The van der Waals surface area contributed by atoms with Crippen molar-refractivity contribution in [3.63, 3.8) is 0 Å². The van der Waals surface area contributed by atoms with Crippen LogP contribution in [0.3, 0.4) is 0 Å². The van der Waals surface area contributed by atoms with Gasteiger partial charge >= 0.3 is 0 Å². The predicted octanol–water partition coefficient (Wildman–Crippen LogP) is 1.42. The number of nitrogens with zero attached hydrogens (tertiary/aromatic N) is 3. The van der Waals surface area contributed by atoms with Crippen LogP contribution in [0.25, 0.3) is 0 Å². The highest BCUT2D eigenvalue weighted by Crippen LogP contribution is 2.26. The van der Waals surface area contributed by atoms with Crippen molar-refractivity contribution in [2.24, 2.45) is 5.92 Å². The van der Waals surface area contributed by atoms with E-state index in [1.54, 1.807) is 4.90 Å². The Bertz CT molecular complexity index is 881. The van der Waals surface area contributed by atoms with Crippen LogP contribution in [0.5, 0.6) is 0 Å². The molecular weight excluding hydrogens is 448 g/mol. The zero-order chi connectivity index (χ0) is 25.2. The van der Waals surface area contributed by atoms with Crippen LogP contribution in [0.2, 0.25) is 0 Å². The van der Waals surface area contributed by atoms with Gasteiger partial charge in [-0.05, 0) is 63.5 Å². The fourth-order valence-electron chi connectivity index (χ4n) is 4.85. The second-order valence-electron chi connectivity index (χ2n) is 9.49. The molecule has 3 atom stereocenters. The molecule has 0 radical (unpaired) electrons. The summed E-state index contributed by atoms with van der Waals surface area (Å²) in [5.74, 6) is -0.712. The van der Waals surface area contributed by atoms with Crippen molar-refractivity contribution in [3.05, 3.63) is 29.8 Å². The van der Waals surface area contributed by atoms with E-state index < -0.39 is 18.1 Å². The van der Waals surface area contributed by atoms with Crippen molar-refractivity contribution in [1.29, 1.82) is 5.26 Å². The van der Waals surface area contributed by atoms with Crippen LogP contribution in [0, 0.1) is 17.2 Å². The lowest BCUT2D eigenvalue weighted by molar-refractivity contribution is -0.159. The number of benzene rings is 1. The molecule has 35 heavy (non-hydrogen) atoms. The normalized spacial score (nSPS) is 20.3. The molecule has 192 valence electrons. The molecular formula is C26H38N4O5. The summed E-state index contributed by atoms with van der Waals surface area (Å²) < 4.78 is 5.68. The van der Waals surface area contributed by atoms with Gasteiger partial charge in [0.2, 0.25) is 0 Å². The van der Waals surface area contributed by atoms with Gasteiger partial charge in [0.1, 0.15) is 6.07 Å². The average molecular weight is 487 g/mol. The molecule has 1 aromatic rings. The third-order valence-electron chi connectivity index (χ3n) is 7.03. The molecule has 2 aliphatic heterocycles. The molecule has 0 aliphatic carbocycles. The van der Waals surface area contributed by atoms with Crippen molar-refractivity contribution in [2.75, 3.05) is 44.3 Å². The second-order valence-corrected chi connectivity index (χ2v) is 9.49. The molecule has 0 spiro atoms. The maximum atomic E-state index is 13.1. The number of carbonyl (C=O) groups is 2. The minimum atomic E-state index is -1.59. The largest absolute Gasteiger partial charge is 0.396 e. The summed E-state index contributed by atoms with van der Waals surface area (Å²) in [4.78, 5) is 29.7. The molecule has 9 nitrogen and oxygen atoms in total. The summed E-state index contributed by atoms with van der Waals surface area (Å²) in [5, 5.41) is 31.9. The number of unbranched alkanes of at least 4 members (excludes halogenated alkanes) is 1. The zero-order valence-corrected chi connectivity index (χ0v) is 20.6. The van der Waals surface area contributed by atoms with Crippen molar-refractivity contribution in [3.8, 4) is 6.07 Å². The van der Waals surface area contributed by atoms with E-state index in [9.17, 15) is 20.0 Å². The van der Waals surface area contributed by atoms with Crippen molar-refractivity contribution < 1.29 is 24.5 Å². The lowest BCUT2D eigenvalue weighted by Gasteiger charge is -2.34. The first-order valence-electron chi connectivity index (χ1n) is 12.7. The number of piperidine rings is 1. The van der Waals surface area contributed by atoms with Gasteiger partial charge in [-0.15, -0.1) is 0 Å². The number of ether oxygens (including phenoxy) is 1. The highest BCUT2D eigenvalue weighted by molar-refractivity contribution is 5.91. The summed E-state index contributed by atoms with van der Waals surface area (Å²) in [6.45, 7) is 4.74. The first-order valence-corrected chi connectivity index (χ1v) is 12.7. The lowest BCUT2D eigenvalue weighted by Crippen LogP contribution is -2.53. The summed E-state index contributed by atoms with van der Waals surface area (Å²) >= 11 is 0. The number of carbonyl (C=O) groups excluding carboxylic acids is 2. The van der Waals surface area contributed by atoms with Gasteiger partial charge in [-0.3, -0.25) is 9.59 Å². The number of aliphatic hydroxyl groups is 2. The number of nitrogens with one attached hydrogen (secondary N) is 1. The smallest absolute Gasteiger partial charge is 0.255 e. The Hall–Kier alpha value is -2.67. The van der Waals surface area contributed by atoms with E-state index >= 15 is 0 Å². The second kappa shape index (κ2) is 13.4. The Balaban J connectivity index is 1.52. The topological polar surface area (TPSA) is 126 Å². The molecule has 3 N–H and O–H groups in total. The molecule has 3 rings (SSSR count).